The Bertz CT molecular complexity index is 1510. The molecule has 3 fully saturated rings. The van der Waals surface area contributed by atoms with Gasteiger partial charge in [-0.15, -0.1) is 0 Å². The number of aromatic nitrogens is 1. The minimum absolute atomic E-state index is 0.00919. The summed E-state index contributed by atoms with van der Waals surface area (Å²) in [6, 6.07) is 19.6. The Balaban J connectivity index is 1.21. The van der Waals surface area contributed by atoms with Gasteiger partial charge in [0.15, 0.2) is 6.29 Å². The minimum atomic E-state index is -0.598. The lowest BCUT2D eigenvalue weighted by Crippen LogP contribution is -2.61. The van der Waals surface area contributed by atoms with Crippen molar-refractivity contribution in [2.24, 2.45) is 5.92 Å². The summed E-state index contributed by atoms with van der Waals surface area (Å²) in [5.74, 6) is 0.551. The van der Waals surface area contributed by atoms with Gasteiger partial charge in [-0.25, -0.2) is 0 Å². The van der Waals surface area contributed by atoms with Crippen molar-refractivity contribution >= 4 is 11.8 Å². The lowest BCUT2D eigenvalue weighted by Gasteiger charge is -2.50. The van der Waals surface area contributed by atoms with Crippen LogP contribution in [-0.2, 0) is 27.4 Å². The molecule has 0 spiro atoms. The van der Waals surface area contributed by atoms with E-state index < -0.39 is 6.29 Å². The number of amides is 2. The normalized spacial score (nSPS) is 26.3. The first kappa shape index (κ1) is 34.2. The van der Waals surface area contributed by atoms with Crippen molar-refractivity contribution in [1.82, 2.24) is 20.5 Å². The number of likely N-dealkylation sites (tertiary alicyclic amines) is 1. The fraction of sp³-hybridized carbons (Fsp3) is 0.513. The zero-order chi connectivity index (χ0) is 33.7. The van der Waals surface area contributed by atoms with E-state index >= 15 is 0 Å². The highest BCUT2D eigenvalue weighted by molar-refractivity contribution is 5.93. The number of fused-ring (bicyclic) bond motifs is 1. The summed E-state index contributed by atoms with van der Waals surface area (Å²) in [6.45, 7) is 7.16. The van der Waals surface area contributed by atoms with Crippen molar-refractivity contribution in [2.75, 3.05) is 6.54 Å². The van der Waals surface area contributed by atoms with Gasteiger partial charge >= 0.3 is 0 Å². The van der Waals surface area contributed by atoms with Crippen molar-refractivity contribution in [2.45, 2.75) is 115 Å². The SMILES string of the molecule is CC(C)(C)NC(=O)[C@H]1CC[C@H]2CCCC[C@H]2N1C[C@H]1C[C@@H](c2ccc(CO)cc2)O[C@@H](c2ccc(CNC(=O)c3cccnc3)cc2)O1. The second kappa shape index (κ2) is 15.3. The molecular weight excluding hydrogens is 604 g/mol. The average molecular weight is 655 g/mol. The summed E-state index contributed by atoms with van der Waals surface area (Å²) in [4.78, 5) is 32.7. The number of aliphatic hydroxyl groups excluding tert-OH is 1. The molecular formula is C39H50N4O5. The van der Waals surface area contributed by atoms with Crippen molar-refractivity contribution in [3.8, 4) is 0 Å². The fourth-order valence-electron chi connectivity index (χ4n) is 7.57. The number of carbonyl (C=O) groups is 2. The molecule has 3 heterocycles. The van der Waals surface area contributed by atoms with Gasteiger partial charge in [0, 0.05) is 49.0 Å². The molecule has 0 unspecified atom stereocenters. The lowest BCUT2D eigenvalue weighted by atomic mass is 9.75. The summed E-state index contributed by atoms with van der Waals surface area (Å²) in [7, 11) is 0. The Morgan fingerprint density at radius 1 is 0.917 bits per heavy atom. The number of benzene rings is 2. The Kier molecular flexibility index (Phi) is 10.9. The highest BCUT2D eigenvalue weighted by Gasteiger charge is 2.44. The number of carbonyl (C=O) groups excluding carboxylic acids is 2. The molecule has 2 aromatic carbocycles. The minimum Gasteiger partial charge on any atom is -0.392 e. The molecule has 6 atom stereocenters. The van der Waals surface area contributed by atoms with Crippen LogP contribution < -0.4 is 10.6 Å². The van der Waals surface area contributed by atoms with E-state index in [1.54, 1.807) is 24.5 Å². The number of hydrogen-bond donors (Lipinski definition) is 3. The van der Waals surface area contributed by atoms with Gasteiger partial charge in [-0.3, -0.25) is 19.5 Å². The molecule has 2 saturated heterocycles. The highest BCUT2D eigenvalue weighted by Crippen LogP contribution is 2.42. The molecule has 1 aromatic heterocycles. The van der Waals surface area contributed by atoms with Crippen LogP contribution in [0.3, 0.4) is 0 Å². The van der Waals surface area contributed by atoms with Gasteiger partial charge in [-0.2, -0.15) is 0 Å². The zero-order valence-corrected chi connectivity index (χ0v) is 28.4. The average Bonchev–Trinajstić information content (AvgIpc) is 3.10. The van der Waals surface area contributed by atoms with Crippen LogP contribution >= 0.6 is 0 Å². The van der Waals surface area contributed by atoms with E-state index in [9.17, 15) is 14.7 Å². The monoisotopic (exact) mass is 654 g/mol. The molecule has 0 bridgehead atoms. The smallest absolute Gasteiger partial charge is 0.253 e. The van der Waals surface area contributed by atoms with Crippen molar-refractivity contribution in [3.05, 3.63) is 101 Å². The number of hydrogen-bond acceptors (Lipinski definition) is 7. The first-order valence-corrected chi connectivity index (χ1v) is 17.5. The maximum absolute atomic E-state index is 13.7. The van der Waals surface area contributed by atoms with Gasteiger partial charge in [0.05, 0.1) is 30.4 Å². The second-order valence-corrected chi connectivity index (χ2v) is 14.7. The summed E-state index contributed by atoms with van der Waals surface area (Å²) < 4.78 is 13.4. The number of aliphatic hydroxyl groups is 1. The van der Waals surface area contributed by atoms with Gasteiger partial charge in [-0.05, 0) is 81.2 Å². The number of pyridine rings is 1. The van der Waals surface area contributed by atoms with Crippen molar-refractivity contribution < 1.29 is 24.2 Å². The third kappa shape index (κ3) is 8.50. The van der Waals surface area contributed by atoms with Crippen LogP contribution in [0.1, 0.15) is 111 Å². The third-order valence-corrected chi connectivity index (χ3v) is 9.97. The number of nitrogens with zero attached hydrogens (tertiary/aromatic N) is 2. The molecule has 1 aliphatic carbocycles. The Hall–Kier alpha value is -3.63. The Morgan fingerprint density at radius 2 is 1.65 bits per heavy atom. The van der Waals surface area contributed by atoms with E-state index in [2.05, 4.69) is 20.5 Å². The first-order valence-electron chi connectivity index (χ1n) is 17.5. The molecule has 256 valence electrons. The van der Waals surface area contributed by atoms with E-state index in [-0.39, 0.29) is 42.2 Å². The summed E-state index contributed by atoms with van der Waals surface area (Å²) >= 11 is 0. The predicted molar refractivity (Wildman–Crippen MR) is 184 cm³/mol. The van der Waals surface area contributed by atoms with Crippen molar-refractivity contribution in [1.29, 1.82) is 0 Å². The van der Waals surface area contributed by atoms with Gasteiger partial charge in [-0.1, -0.05) is 61.4 Å². The molecule has 2 aliphatic heterocycles. The standard InChI is InChI=1S/C39H50N4O5/c1-39(2,3)42-37(46)34-19-18-28-7-4-5-9-33(28)43(34)24-32-21-35(29-14-12-27(25-44)13-15-29)48-38(47-32)30-16-10-26(11-17-30)22-41-36(45)31-8-6-20-40-23-31/h6,8,10-17,20,23,28,32-35,38,44H,4-5,7,9,18-19,21-22,24-25H2,1-3H3,(H,41,45)(H,42,46)/t28-,32-,33-,34-,35+,38+/m1/s1. The molecule has 3 aliphatic rings. The lowest BCUT2D eigenvalue weighted by molar-refractivity contribution is -0.255. The number of piperidine rings is 1. The van der Waals surface area contributed by atoms with E-state index in [0.717, 1.165) is 41.5 Å². The Labute approximate surface area is 284 Å². The van der Waals surface area contributed by atoms with Gasteiger partial charge in [0.1, 0.15) is 0 Å². The van der Waals surface area contributed by atoms with Crippen LogP contribution in [0, 0.1) is 5.92 Å². The molecule has 3 aromatic rings. The van der Waals surface area contributed by atoms with Crippen LogP contribution in [0.25, 0.3) is 0 Å². The molecule has 0 radical (unpaired) electrons. The molecule has 1 saturated carbocycles. The quantitative estimate of drug-likeness (QED) is 0.260. The number of rotatable bonds is 9. The van der Waals surface area contributed by atoms with Gasteiger partial charge in [0.2, 0.25) is 5.91 Å². The summed E-state index contributed by atoms with van der Waals surface area (Å²) in [5, 5.41) is 15.8. The van der Waals surface area contributed by atoms with Gasteiger partial charge in [0.25, 0.3) is 5.91 Å². The molecule has 9 nitrogen and oxygen atoms in total. The molecule has 2 amide bonds. The largest absolute Gasteiger partial charge is 0.392 e. The summed E-state index contributed by atoms with van der Waals surface area (Å²) in [6.07, 6.45) is 9.63. The van der Waals surface area contributed by atoms with Crippen molar-refractivity contribution in [3.63, 3.8) is 0 Å². The Morgan fingerprint density at radius 3 is 2.35 bits per heavy atom. The first-order chi connectivity index (χ1) is 23.2. The topological polar surface area (TPSA) is 113 Å². The maximum atomic E-state index is 13.7. The molecule has 6 rings (SSSR count). The van der Waals surface area contributed by atoms with E-state index in [4.69, 9.17) is 9.47 Å². The second-order valence-electron chi connectivity index (χ2n) is 14.7. The van der Waals surface area contributed by atoms with Crippen LogP contribution in [0.15, 0.2) is 73.1 Å². The van der Waals surface area contributed by atoms with Crippen LogP contribution in [-0.4, -0.2) is 57.1 Å². The summed E-state index contributed by atoms with van der Waals surface area (Å²) in [5.41, 5.74) is 3.98. The van der Waals surface area contributed by atoms with E-state index in [1.807, 2.05) is 69.3 Å². The van der Waals surface area contributed by atoms with Crippen LogP contribution in [0.5, 0.6) is 0 Å². The maximum Gasteiger partial charge on any atom is 0.253 e. The molecule has 48 heavy (non-hydrogen) atoms. The fourth-order valence-corrected chi connectivity index (χ4v) is 7.57. The number of ether oxygens (including phenoxy) is 2. The van der Waals surface area contributed by atoms with Crippen LogP contribution in [0.4, 0.5) is 0 Å². The van der Waals surface area contributed by atoms with Gasteiger partial charge < -0.3 is 25.2 Å². The van der Waals surface area contributed by atoms with Crippen LogP contribution in [0.2, 0.25) is 0 Å². The molecule has 3 N–H and O–H groups in total. The van der Waals surface area contributed by atoms with E-state index in [0.29, 0.717) is 37.0 Å². The third-order valence-electron chi connectivity index (χ3n) is 9.97. The predicted octanol–water partition coefficient (Wildman–Crippen LogP) is 5.99. The van der Waals surface area contributed by atoms with E-state index in [1.165, 1.54) is 19.3 Å². The zero-order valence-electron chi connectivity index (χ0n) is 28.4. The number of nitrogens with one attached hydrogen (secondary N) is 2. The molecule has 9 heteroatoms. The highest BCUT2D eigenvalue weighted by atomic mass is 16.7.